The summed E-state index contributed by atoms with van der Waals surface area (Å²) in [6.45, 7) is 2.60. The third-order valence-electron chi connectivity index (χ3n) is 3.78. The van der Waals surface area contributed by atoms with Crippen molar-refractivity contribution >= 4 is 34.7 Å². The molecular weight excluding hydrogens is 314 g/mol. The first-order chi connectivity index (χ1) is 11.1. The van der Waals surface area contributed by atoms with Gasteiger partial charge in [0.15, 0.2) is 0 Å². The number of carbonyl (C=O) groups excluding carboxylic acids is 1. The summed E-state index contributed by atoms with van der Waals surface area (Å²) in [5.74, 6) is 0.571. The van der Waals surface area contributed by atoms with Gasteiger partial charge in [-0.15, -0.1) is 0 Å². The largest absolute Gasteiger partial charge is 0.368 e. The molecule has 0 bridgehead atoms. The molecule has 0 radical (unpaired) electrons. The van der Waals surface area contributed by atoms with Crippen molar-refractivity contribution in [3.8, 4) is 0 Å². The molecule has 1 unspecified atom stereocenters. The highest BCUT2D eigenvalue weighted by molar-refractivity contribution is 6.31. The van der Waals surface area contributed by atoms with E-state index in [2.05, 4.69) is 15.6 Å². The van der Waals surface area contributed by atoms with Crippen LogP contribution in [0.2, 0.25) is 5.02 Å². The molecule has 1 amide bonds. The second-order valence-corrected chi connectivity index (χ2v) is 5.87. The normalized spacial score (nSPS) is 17.0. The fraction of sp³-hybridized carbons (Fsp3) is 0.294. The maximum absolute atomic E-state index is 12.0. The Labute approximate surface area is 140 Å². The monoisotopic (exact) mass is 331 g/mol. The van der Waals surface area contributed by atoms with Crippen LogP contribution in [0.3, 0.4) is 0 Å². The molecule has 1 saturated heterocycles. The Hall–Kier alpha value is -2.11. The molecule has 0 spiro atoms. The maximum Gasteiger partial charge on any atom is 0.253 e. The summed E-state index contributed by atoms with van der Waals surface area (Å²) in [4.78, 5) is 16.3. The van der Waals surface area contributed by atoms with Crippen molar-refractivity contribution < 1.29 is 9.53 Å². The standard InChI is InChI=1S/C17H18ClN3O2/c1-11-13(18)4-2-5-14(11)21-16-8-7-12(10-19-16)20-17(22)15-6-3-9-23-15/h2,4-5,7-8,10,15H,3,6,9H2,1H3,(H,19,21)(H,20,22). The summed E-state index contributed by atoms with van der Waals surface area (Å²) in [5.41, 5.74) is 2.52. The average molecular weight is 332 g/mol. The fourth-order valence-electron chi connectivity index (χ4n) is 2.43. The van der Waals surface area contributed by atoms with Gasteiger partial charge in [-0.2, -0.15) is 0 Å². The van der Waals surface area contributed by atoms with Gasteiger partial charge in [0.1, 0.15) is 11.9 Å². The highest BCUT2D eigenvalue weighted by atomic mass is 35.5. The van der Waals surface area contributed by atoms with Crippen LogP contribution >= 0.6 is 11.6 Å². The van der Waals surface area contributed by atoms with Gasteiger partial charge in [0.2, 0.25) is 0 Å². The Morgan fingerprint density at radius 1 is 1.35 bits per heavy atom. The molecule has 0 aliphatic carbocycles. The molecule has 1 fully saturated rings. The van der Waals surface area contributed by atoms with E-state index in [1.54, 1.807) is 6.20 Å². The summed E-state index contributed by atoms with van der Waals surface area (Å²) in [6.07, 6.45) is 2.97. The predicted octanol–water partition coefficient (Wildman–Crippen LogP) is 3.90. The number of rotatable bonds is 4. The lowest BCUT2D eigenvalue weighted by atomic mass is 10.2. The van der Waals surface area contributed by atoms with Crippen LogP contribution in [0.5, 0.6) is 0 Å². The number of hydrogen-bond acceptors (Lipinski definition) is 4. The lowest BCUT2D eigenvalue weighted by Gasteiger charge is -2.12. The van der Waals surface area contributed by atoms with Crippen LogP contribution in [-0.2, 0) is 9.53 Å². The van der Waals surface area contributed by atoms with Crippen LogP contribution in [0.15, 0.2) is 36.5 Å². The predicted molar refractivity (Wildman–Crippen MR) is 91.3 cm³/mol. The van der Waals surface area contributed by atoms with E-state index in [1.165, 1.54) is 0 Å². The van der Waals surface area contributed by atoms with E-state index in [0.717, 1.165) is 24.1 Å². The van der Waals surface area contributed by atoms with E-state index in [-0.39, 0.29) is 12.0 Å². The summed E-state index contributed by atoms with van der Waals surface area (Å²) in [5, 5.41) is 6.74. The second-order valence-electron chi connectivity index (χ2n) is 5.46. The maximum atomic E-state index is 12.0. The van der Waals surface area contributed by atoms with Crippen molar-refractivity contribution in [2.75, 3.05) is 17.2 Å². The average Bonchev–Trinajstić information content (AvgIpc) is 3.08. The number of nitrogens with zero attached hydrogens (tertiary/aromatic N) is 1. The lowest BCUT2D eigenvalue weighted by Crippen LogP contribution is -2.26. The number of benzene rings is 1. The van der Waals surface area contributed by atoms with Crippen LogP contribution < -0.4 is 10.6 Å². The van der Waals surface area contributed by atoms with E-state index in [0.29, 0.717) is 23.1 Å². The minimum absolute atomic E-state index is 0.115. The highest BCUT2D eigenvalue weighted by Crippen LogP contribution is 2.25. The van der Waals surface area contributed by atoms with Gasteiger partial charge in [-0.1, -0.05) is 17.7 Å². The van der Waals surface area contributed by atoms with Crippen LogP contribution in [0.4, 0.5) is 17.2 Å². The third-order valence-corrected chi connectivity index (χ3v) is 4.19. The van der Waals surface area contributed by atoms with Gasteiger partial charge in [-0.25, -0.2) is 4.98 Å². The van der Waals surface area contributed by atoms with Crippen molar-refractivity contribution in [3.63, 3.8) is 0 Å². The Balaban J connectivity index is 1.65. The lowest BCUT2D eigenvalue weighted by molar-refractivity contribution is -0.124. The van der Waals surface area contributed by atoms with E-state index < -0.39 is 0 Å². The molecule has 23 heavy (non-hydrogen) atoms. The van der Waals surface area contributed by atoms with Crippen molar-refractivity contribution in [1.29, 1.82) is 0 Å². The Morgan fingerprint density at radius 3 is 2.91 bits per heavy atom. The molecule has 3 rings (SSSR count). The third kappa shape index (κ3) is 3.81. The molecule has 5 nitrogen and oxygen atoms in total. The molecular formula is C17H18ClN3O2. The molecule has 1 aromatic heterocycles. The number of aromatic nitrogens is 1. The number of nitrogens with one attached hydrogen (secondary N) is 2. The Bertz CT molecular complexity index is 697. The second kappa shape index (κ2) is 6.98. The molecule has 0 saturated carbocycles. The van der Waals surface area contributed by atoms with Gasteiger partial charge in [0.25, 0.3) is 5.91 Å². The van der Waals surface area contributed by atoms with Gasteiger partial charge in [0.05, 0.1) is 11.9 Å². The molecule has 1 aromatic carbocycles. The number of carbonyl (C=O) groups is 1. The van der Waals surface area contributed by atoms with Crippen LogP contribution in [0, 0.1) is 6.92 Å². The molecule has 120 valence electrons. The van der Waals surface area contributed by atoms with Crippen molar-refractivity contribution in [2.45, 2.75) is 25.9 Å². The molecule has 1 aliphatic heterocycles. The first-order valence-corrected chi connectivity index (χ1v) is 7.92. The van der Waals surface area contributed by atoms with Gasteiger partial charge >= 0.3 is 0 Å². The van der Waals surface area contributed by atoms with E-state index in [9.17, 15) is 4.79 Å². The number of pyridine rings is 1. The summed E-state index contributed by atoms with van der Waals surface area (Å²) in [6, 6.07) is 9.29. The molecule has 2 heterocycles. The van der Waals surface area contributed by atoms with Gasteiger partial charge in [0, 0.05) is 17.3 Å². The van der Waals surface area contributed by atoms with E-state index in [4.69, 9.17) is 16.3 Å². The van der Waals surface area contributed by atoms with Crippen molar-refractivity contribution in [1.82, 2.24) is 4.98 Å². The van der Waals surface area contributed by atoms with E-state index in [1.807, 2.05) is 37.3 Å². The van der Waals surface area contributed by atoms with Crippen molar-refractivity contribution in [2.24, 2.45) is 0 Å². The number of hydrogen-bond donors (Lipinski definition) is 2. The first kappa shape index (κ1) is 15.8. The number of anilines is 3. The molecule has 2 aromatic rings. The minimum atomic E-state index is -0.345. The number of halogens is 1. The zero-order valence-corrected chi connectivity index (χ0v) is 13.6. The van der Waals surface area contributed by atoms with Gasteiger partial charge in [-0.05, 0) is 49.6 Å². The quantitative estimate of drug-likeness (QED) is 0.891. The van der Waals surface area contributed by atoms with Crippen LogP contribution in [0.25, 0.3) is 0 Å². The number of ether oxygens (including phenoxy) is 1. The SMILES string of the molecule is Cc1c(Cl)cccc1Nc1ccc(NC(=O)C2CCCO2)cn1. The molecule has 6 heteroatoms. The minimum Gasteiger partial charge on any atom is -0.368 e. The molecule has 1 atom stereocenters. The first-order valence-electron chi connectivity index (χ1n) is 7.54. The van der Waals surface area contributed by atoms with Gasteiger partial charge < -0.3 is 15.4 Å². The summed E-state index contributed by atoms with van der Waals surface area (Å²) < 4.78 is 5.36. The molecule has 2 N–H and O–H groups in total. The topological polar surface area (TPSA) is 63.2 Å². The zero-order chi connectivity index (χ0) is 16.2. The summed E-state index contributed by atoms with van der Waals surface area (Å²) in [7, 11) is 0. The Kier molecular flexibility index (Phi) is 4.79. The fourth-order valence-corrected chi connectivity index (χ4v) is 2.60. The van der Waals surface area contributed by atoms with Crippen LogP contribution in [-0.4, -0.2) is 23.6 Å². The van der Waals surface area contributed by atoms with Crippen molar-refractivity contribution in [3.05, 3.63) is 47.1 Å². The Morgan fingerprint density at radius 2 is 2.22 bits per heavy atom. The van der Waals surface area contributed by atoms with E-state index >= 15 is 0 Å². The smallest absolute Gasteiger partial charge is 0.253 e. The van der Waals surface area contributed by atoms with Crippen LogP contribution in [0.1, 0.15) is 18.4 Å². The molecule has 1 aliphatic rings. The zero-order valence-electron chi connectivity index (χ0n) is 12.8. The summed E-state index contributed by atoms with van der Waals surface area (Å²) >= 11 is 6.11. The van der Waals surface area contributed by atoms with Gasteiger partial charge in [-0.3, -0.25) is 4.79 Å². The highest BCUT2D eigenvalue weighted by Gasteiger charge is 2.23. The number of amides is 1.